The molecule has 290 valence electrons. The number of benzene rings is 7. The van der Waals surface area contributed by atoms with Crippen molar-refractivity contribution in [3.05, 3.63) is 204 Å². The molecular formula is C54H52N2O2. The molecule has 0 heterocycles. The van der Waals surface area contributed by atoms with Gasteiger partial charge < -0.3 is 19.3 Å². The van der Waals surface area contributed by atoms with Crippen LogP contribution in [0.4, 0.5) is 34.1 Å². The lowest BCUT2D eigenvalue weighted by Crippen LogP contribution is -2.09. The van der Waals surface area contributed by atoms with Crippen LogP contribution in [0.15, 0.2) is 182 Å². The third-order valence-corrected chi connectivity index (χ3v) is 9.92. The first-order chi connectivity index (χ1) is 28.7. The van der Waals surface area contributed by atoms with Crippen LogP contribution in [0.5, 0.6) is 11.5 Å². The maximum Gasteiger partial charge on any atom is 0.127 e. The smallest absolute Gasteiger partial charge is 0.127 e. The van der Waals surface area contributed by atoms with E-state index < -0.39 is 0 Å². The molecule has 0 fully saturated rings. The van der Waals surface area contributed by atoms with E-state index in [4.69, 9.17) is 9.47 Å². The van der Waals surface area contributed by atoms with Gasteiger partial charge in [0.05, 0.1) is 13.2 Å². The fourth-order valence-electron chi connectivity index (χ4n) is 6.80. The lowest BCUT2D eigenvalue weighted by molar-refractivity contribution is 0.300. The first-order valence-electron chi connectivity index (χ1n) is 20.5. The molecule has 0 aliphatic rings. The van der Waals surface area contributed by atoms with Crippen LogP contribution in [-0.2, 0) is 0 Å². The number of hydrogen-bond acceptors (Lipinski definition) is 4. The van der Waals surface area contributed by atoms with Crippen LogP contribution in [0.2, 0.25) is 0 Å². The monoisotopic (exact) mass is 760 g/mol. The molecule has 0 aliphatic carbocycles. The maximum atomic E-state index is 6.46. The summed E-state index contributed by atoms with van der Waals surface area (Å²) in [6, 6.07) is 63.6. The zero-order chi connectivity index (χ0) is 39.8. The second kappa shape index (κ2) is 20.4. The second-order valence-electron chi connectivity index (χ2n) is 14.2. The van der Waals surface area contributed by atoms with Crippen molar-refractivity contribution >= 4 is 58.4 Å². The SMILES string of the molecule is CCCCOc1cc(/C=C/c2ccc(N(c3ccccc3)c3ccccc3)cc2)c(OCCCC)cc1/C=C/c1ccc(N(c2ccccc2)c2ccccc2)cc1. The van der Waals surface area contributed by atoms with Crippen molar-refractivity contribution < 1.29 is 9.47 Å². The van der Waals surface area contributed by atoms with Crippen molar-refractivity contribution in [3.8, 4) is 11.5 Å². The molecule has 0 bridgehead atoms. The highest BCUT2D eigenvalue weighted by molar-refractivity contribution is 5.82. The summed E-state index contributed by atoms with van der Waals surface area (Å²) in [5.41, 5.74) is 10.8. The summed E-state index contributed by atoms with van der Waals surface area (Å²) >= 11 is 0. The van der Waals surface area contributed by atoms with Crippen LogP contribution < -0.4 is 19.3 Å². The molecule has 4 heteroatoms. The molecule has 0 saturated carbocycles. The van der Waals surface area contributed by atoms with Gasteiger partial charge in [0, 0.05) is 45.3 Å². The van der Waals surface area contributed by atoms with E-state index in [2.05, 4.69) is 230 Å². The fourth-order valence-corrected chi connectivity index (χ4v) is 6.80. The van der Waals surface area contributed by atoms with Gasteiger partial charge in [0.2, 0.25) is 0 Å². The Morgan fingerprint density at radius 2 is 0.655 bits per heavy atom. The van der Waals surface area contributed by atoms with Crippen molar-refractivity contribution in [3.63, 3.8) is 0 Å². The van der Waals surface area contributed by atoms with E-state index in [9.17, 15) is 0 Å². The normalized spacial score (nSPS) is 11.2. The van der Waals surface area contributed by atoms with Crippen molar-refractivity contribution in [1.29, 1.82) is 0 Å². The zero-order valence-corrected chi connectivity index (χ0v) is 33.6. The van der Waals surface area contributed by atoms with E-state index in [0.717, 1.165) is 93.6 Å². The largest absolute Gasteiger partial charge is 0.493 e. The first-order valence-corrected chi connectivity index (χ1v) is 20.5. The minimum absolute atomic E-state index is 0.654. The van der Waals surface area contributed by atoms with Gasteiger partial charge in [-0.3, -0.25) is 0 Å². The minimum Gasteiger partial charge on any atom is -0.493 e. The van der Waals surface area contributed by atoms with Gasteiger partial charge in [-0.15, -0.1) is 0 Å². The molecule has 0 spiro atoms. The van der Waals surface area contributed by atoms with Gasteiger partial charge in [0.25, 0.3) is 0 Å². The molecule has 4 nitrogen and oxygen atoms in total. The molecule has 7 aromatic carbocycles. The Kier molecular flexibility index (Phi) is 13.9. The average Bonchev–Trinajstić information content (AvgIpc) is 3.28. The minimum atomic E-state index is 0.654. The van der Waals surface area contributed by atoms with E-state index in [1.165, 1.54) is 0 Å². The Morgan fingerprint density at radius 3 is 0.948 bits per heavy atom. The number of para-hydroxylation sites is 4. The standard InChI is InChI=1S/C54H52N2O2/c1-3-5-39-57-53-41-46(34-28-44-31-37-52(38-32-44)56(49-23-15-9-16-24-49)50-25-17-10-18-26-50)54(58-40-6-4-2)42-45(53)33-27-43-29-35-51(36-30-43)55(47-19-11-7-12-20-47)48-21-13-8-14-22-48/h7-38,41-42H,3-6,39-40H2,1-2H3/b33-27+,34-28+. The molecule has 0 amide bonds. The van der Waals surface area contributed by atoms with Gasteiger partial charge in [-0.1, -0.05) is 148 Å². The van der Waals surface area contributed by atoms with Gasteiger partial charge in [-0.05, 0) is 109 Å². The van der Waals surface area contributed by atoms with Gasteiger partial charge >= 0.3 is 0 Å². The van der Waals surface area contributed by atoms with Crippen LogP contribution in [0.1, 0.15) is 61.8 Å². The third kappa shape index (κ3) is 10.3. The van der Waals surface area contributed by atoms with Gasteiger partial charge in [0.1, 0.15) is 11.5 Å². The number of ether oxygens (including phenoxy) is 2. The highest BCUT2D eigenvalue weighted by Crippen LogP contribution is 2.37. The Labute approximate surface area is 345 Å². The molecular weight excluding hydrogens is 709 g/mol. The van der Waals surface area contributed by atoms with Crippen LogP contribution in [0.3, 0.4) is 0 Å². The average molecular weight is 761 g/mol. The number of nitrogens with zero attached hydrogens (tertiary/aromatic N) is 2. The van der Waals surface area contributed by atoms with E-state index >= 15 is 0 Å². The van der Waals surface area contributed by atoms with Crippen LogP contribution in [-0.4, -0.2) is 13.2 Å². The molecule has 0 N–H and O–H groups in total. The fraction of sp³-hybridized carbons (Fsp3) is 0.148. The molecule has 0 saturated heterocycles. The highest BCUT2D eigenvalue weighted by atomic mass is 16.5. The van der Waals surface area contributed by atoms with Crippen molar-refractivity contribution in [1.82, 2.24) is 0 Å². The number of hydrogen-bond donors (Lipinski definition) is 0. The predicted molar refractivity (Wildman–Crippen MR) is 247 cm³/mol. The van der Waals surface area contributed by atoms with Crippen LogP contribution >= 0.6 is 0 Å². The Morgan fingerprint density at radius 1 is 0.362 bits per heavy atom. The molecule has 0 aliphatic heterocycles. The summed E-state index contributed by atoms with van der Waals surface area (Å²) in [5.74, 6) is 1.69. The van der Waals surface area contributed by atoms with E-state index in [1.807, 2.05) is 0 Å². The number of rotatable bonds is 18. The maximum absolute atomic E-state index is 6.46. The quantitative estimate of drug-likeness (QED) is 0.0642. The molecule has 7 aromatic rings. The number of unbranched alkanes of at least 4 members (excludes halogenated alkanes) is 2. The summed E-state index contributed by atoms with van der Waals surface area (Å²) in [6.45, 7) is 5.68. The Hall–Kier alpha value is -6.78. The Balaban J connectivity index is 1.16. The summed E-state index contributed by atoms with van der Waals surface area (Å²) in [7, 11) is 0. The summed E-state index contributed by atoms with van der Waals surface area (Å²) < 4.78 is 12.9. The van der Waals surface area contributed by atoms with Crippen LogP contribution in [0.25, 0.3) is 24.3 Å². The summed E-state index contributed by atoms with van der Waals surface area (Å²) in [4.78, 5) is 4.55. The molecule has 0 atom stereocenters. The lowest BCUT2D eigenvalue weighted by Gasteiger charge is -2.25. The molecule has 58 heavy (non-hydrogen) atoms. The highest BCUT2D eigenvalue weighted by Gasteiger charge is 2.14. The Bertz CT molecular complexity index is 2090. The second-order valence-corrected chi connectivity index (χ2v) is 14.2. The zero-order valence-electron chi connectivity index (χ0n) is 33.6. The topological polar surface area (TPSA) is 24.9 Å². The lowest BCUT2D eigenvalue weighted by atomic mass is 10.0. The first kappa shape index (κ1) is 39.5. The predicted octanol–water partition coefficient (Wildman–Crippen LogP) is 15.3. The van der Waals surface area contributed by atoms with Gasteiger partial charge in [-0.25, -0.2) is 0 Å². The van der Waals surface area contributed by atoms with E-state index in [1.54, 1.807) is 0 Å². The van der Waals surface area contributed by atoms with Gasteiger partial charge in [-0.2, -0.15) is 0 Å². The number of anilines is 6. The van der Waals surface area contributed by atoms with Crippen molar-refractivity contribution in [2.45, 2.75) is 39.5 Å². The molecule has 7 rings (SSSR count). The summed E-state index contributed by atoms with van der Waals surface area (Å²) in [6.07, 6.45) is 12.7. The van der Waals surface area contributed by atoms with Gasteiger partial charge in [0.15, 0.2) is 0 Å². The van der Waals surface area contributed by atoms with E-state index in [0.29, 0.717) is 13.2 Å². The van der Waals surface area contributed by atoms with Crippen molar-refractivity contribution in [2.24, 2.45) is 0 Å². The molecule has 0 radical (unpaired) electrons. The molecule has 0 aromatic heterocycles. The summed E-state index contributed by atoms with van der Waals surface area (Å²) in [5, 5.41) is 0. The third-order valence-electron chi connectivity index (χ3n) is 9.92. The van der Waals surface area contributed by atoms with Crippen molar-refractivity contribution in [2.75, 3.05) is 23.0 Å². The molecule has 0 unspecified atom stereocenters. The van der Waals surface area contributed by atoms with E-state index in [-0.39, 0.29) is 0 Å². The van der Waals surface area contributed by atoms with Crippen LogP contribution in [0, 0.1) is 0 Å².